The number of Topliss-reactive ketones (excluding diaryl/α,β-unsaturated/α-hetero) is 1. The van der Waals surface area contributed by atoms with E-state index in [1.807, 2.05) is 71.0 Å². The van der Waals surface area contributed by atoms with Crippen molar-refractivity contribution in [1.29, 1.82) is 5.26 Å². The van der Waals surface area contributed by atoms with E-state index < -0.39 is 23.1 Å². The predicted octanol–water partition coefficient (Wildman–Crippen LogP) is 8.80. The molecular formula is C35H33ClF3N3O2. The number of nitrogens with zero attached hydrogens (tertiary/aromatic N) is 2. The number of anilines is 1. The topological polar surface area (TPSA) is 79.3 Å². The van der Waals surface area contributed by atoms with Crippen LogP contribution in [0.4, 0.5) is 18.9 Å². The Morgan fingerprint density at radius 2 is 1.73 bits per heavy atom. The Bertz CT molecular complexity index is 1770. The number of allylic oxidation sites excluding steroid dienone is 3. The number of rotatable bonds is 5. The molecular weight excluding hydrogens is 587 g/mol. The lowest BCUT2D eigenvalue weighted by molar-refractivity contribution is -0.137. The molecule has 3 aromatic carbocycles. The number of hydrogen-bond acceptors (Lipinski definition) is 5. The van der Waals surface area contributed by atoms with Gasteiger partial charge in [0.1, 0.15) is 18.2 Å². The molecule has 44 heavy (non-hydrogen) atoms. The van der Waals surface area contributed by atoms with Crippen LogP contribution in [0.25, 0.3) is 0 Å². The Kier molecular flexibility index (Phi) is 8.06. The molecule has 0 saturated heterocycles. The maximum absolute atomic E-state index is 14.0. The molecule has 0 fully saturated rings. The second-order valence-corrected chi connectivity index (χ2v) is 12.8. The Morgan fingerprint density at radius 1 is 1.05 bits per heavy atom. The van der Waals surface area contributed by atoms with Crippen molar-refractivity contribution in [3.05, 3.63) is 116 Å². The van der Waals surface area contributed by atoms with Crippen molar-refractivity contribution in [3.8, 4) is 11.8 Å². The zero-order valence-electron chi connectivity index (χ0n) is 25.2. The van der Waals surface area contributed by atoms with Crippen molar-refractivity contribution in [2.75, 3.05) is 4.90 Å². The predicted molar refractivity (Wildman–Crippen MR) is 165 cm³/mol. The quantitative estimate of drug-likeness (QED) is 0.309. The van der Waals surface area contributed by atoms with E-state index in [4.69, 9.17) is 22.1 Å². The van der Waals surface area contributed by atoms with Gasteiger partial charge in [-0.25, -0.2) is 0 Å². The molecule has 5 rings (SSSR count). The molecule has 1 aliphatic heterocycles. The van der Waals surface area contributed by atoms with E-state index in [1.165, 1.54) is 4.90 Å². The van der Waals surface area contributed by atoms with Gasteiger partial charge in [-0.2, -0.15) is 18.4 Å². The van der Waals surface area contributed by atoms with E-state index in [-0.39, 0.29) is 40.9 Å². The number of ketones is 1. The lowest BCUT2D eigenvalue weighted by Crippen LogP contribution is -2.42. The highest BCUT2D eigenvalue weighted by atomic mass is 35.5. The van der Waals surface area contributed by atoms with Crippen LogP contribution in [0.3, 0.4) is 0 Å². The molecule has 1 atom stereocenters. The fourth-order valence-corrected chi connectivity index (χ4v) is 6.34. The minimum atomic E-state index is -4.64. The first kappa shape index (κ1) is 31.2. The Hall–Kier alpha value is -4.22. The lowest BCUT2D eigenvalue weighted by Gasteiger charge is -2.44. The van der Waals surface area contributed by atoms with Gasteiger partial charge in [-0.15, -0.1) is 0 Å². The fourth-order valence-electron chi connectivity index (χ4n) is 6.13. The van der Waals surface area contributed by atoms with Gasteiger partial charge in [0.05, 0.1) is 33.8 Å². The first-order chi connectivity index (χ1) is 20.6. The molecule has 0 saturated carbocycles. The highest BCUT2D eigenvalue weighted by Crippen LogP contribution is 2.52. The molecule has 1 heterocycles. The van der Waals surface area contributed by atoms with E-state index >= 15 is 0 Å². The minimum absolute atomic E-state index is 0.0152. The lowest BCUT2D eigenvalue weighted by atomic mass is 9.68. The average molecular weight is 620 g/mol. The van der Waals surface area contributed by atoms with Crippen LogP contribution in [0.5, 0.6) is 5.75 Å². The largest absolute Gasteiger partial charge is 0.489 e. The molecule has 2 aliphatic rings. The normalized spacial score (nSPS) is 18.3. The summed E-state index contributed by atoms with van der Waals surface area (Å²) in [6.07, 6.45) is -4.09. The summed E-state index contributed by atoms with van der Waals surface area (Å²) in [6, 6.07) is 16.8. The van der Waals surface area contributed by atoms with Crippen LogP contribution in [0.1, 0.15) is 66.0 Å². The van der Waals surface area contributed by atoms with Crippen molar-refractivity contribution in [2.45, 2.75) is 66.2 Å². The van der Waals surface area contributed by atoms with Crippen LogP contribution >= 0.6 is 11.6 Å². The molecule has 2 N–H and O–H groups in total. The molecule has 0 aromatic heterocycles. The van der Waals surface area contributed by atoms with Gasteiger partial charge in [0.15, 0.2) is 5.78 Å². The number of ether oxygens (including phenoxy) is 1. The molecule has 5 nitrogen and oxygen atoms in total. The summed E-state index contributed by atoms with van der Waals surface area (Å²) >= 11 is 6.49. The monoisotopic (exact) mass is 619 g/mol. The van der Waals surface area contributed by atoms with Crippen LogP contribution < -0.4 is 15.4 Å². The summed E-state index contributed by atoms with van der Waals surface area (Å²) in [5, 5.41) is 10.5. The van der Waals surface area contributed by atoms with Crippen LogP contribution in [0.2, 0.25) is 5.02 Å². The van der Waals surface area contributed by atoms with Crippen LogP contribution in [0.15, 0.2) is 77.3 Å². The Labute approximate surface area is 260 Å². The second kappa shape index (κ2) is 11.4. The molecule has 9 heteroatoms. The number of aryl methyl sites for hydroxylation is 3. The van der Waals surface area contributed by atoms with Crippen molar-refractivity contribution < 1.29 is 22.7 Å². The van der Waals surface area contributed by atoms with Crippen molar-refractivity contribution >= 4 is 23.1 Å². The van der Waals surface area contributed by atoms with Crippen LogP contribution in [0, 0.1) is 37.5 Å². The number of carbonyl (C=O) groups is 1. The first-order valence-electron chi connectivity index (χ1n) is 14.2. The highest BCUT2D eigenvalue weighted by molar-refractivity contribution is 6.33. The number of hydrogen-bond donors (Lipinski definition) is 1. The summed E-state index contributed by atoms with van der Waals surface area (Å²) in [4.78, 5) is 15.4. The number of nitrogens with two attached hydrogens (primary N) is 1. The number of halogens is 4. The third-order valence-electron chi connectivity index (χ3n) is 8.35. The van der Waals surface area contributed by atoms with E-state index in [2.05, 4.69) is 6.07 Å². The zero-order chi connectivity index (χ0) is 32.1. The van der Waals surface area contributed by atoms with Gasteiger partial charge in [-0.3, -0.25) is 9.69 Å². The van der Waals surface area contributed by atoms with Gasteiger partial charge in [0.2, 0.25) is 0 Å². The fraction of sp³-hybridized carbons (Fsp3) is 0.314. The maximum atomic E-state index is 14.0. The third kappa shape index (κ3) is 5.81. The molecule has 1 aliphatic carbocycles. The zero-order valence-corrected chi connectivity index (χ0v) is 26.0. The Balaban J connectivity index is 1.69. The SMILES string of the molecule is Cc1ccc(OCc2cc(C3C(C#N)=C(N)N(c4cc(C(F)(F)F)ccc4Cl)C4=C3C(=O)CC(C)(C)C4)c(C)cc2C)cc1. The summed E-state index contributed by atoms with van der Waals surface area (Å²) in [5.41, 5.74) is 10.6. The standard InChI is InChI=1S/C35H33ClF3N3O2/c1-19-6-9-24(10-7-19)44-18-22-13-25(21(3)12-20(22)2)31-26(17-40)33(41)42(29-15-34(4,5)16-30(43)32(29)31)28-14-23(35(37,38)39)8-11-27(28)36/h6-14,31H,15-16,18,41H2,1-5H3. The van der Waals surface area contributed by atoms with Gasteiger partial charge < -0.3 is 10.5 Å². The molecule has 228 valence electrons. The van der Waals surface area contributed by atoms with Crippen molar-refractivity contribution in [1.82, 2.24) is 0 Å². The third-order valence-corrected chi connectivity index (χ3v) is 8.67. The first-order valence-corrected chi connectivity index (χ1v) is 14.6. The number of carbonyl (C=O) groups excluding carboxylic acids is 1. The second-order valence-electron chi connectivity index (χ2n) is 12.4. The summed E-state index contributed by atoms with van der Waals surface area (Å²) < 4.78 is 47.4. The average Bonchev–Trinajstić information content (AvgIpc) is 2.92. The van der Waals surface area contributed by atoms with Gasteiger partial charge in [-0.05, 0) is 85.2 Å². The van der Waals surface area contributed by atoms with Gasteiger partial charge in [0.25, 0.3) is 0 Å². The molecule has 0 amide bonds. The number of benzene rings is 3. The highest BCUT2D eigenvalue weighted by Gasteiger charge is 2.46. The van der Waals surface area contributed by atoms with Crippen LogP contribution in [-0.4, -0.2) is 5.78 Å². The smallest absolute Gasteiger partial charge is 0.416 e. The van der Waals surface area contributed by atoms with Crippen LogP contribution in [-0.2, 0) is 17.6 Å². The number of alkyl halides is 3. The van der Waals surface area contributed by atoms with Gasteiger partial charge in [0, 0.05) is 17.7 Å². The molecule has 3 aromatic rings. The maximum Gasteiger partial charge on any atom is 0.416 e. The number of nitriles is 1. The Morgan fingerprint density at radius 3 is 2.36 bits per heavy atom. The van der Waals surface area contributed by atoms with E-state index in [1.54, 1.807) is 0 Å². The van der Waals surface area contributed by atoms with Gasteiger partial charge >= 0.3 is 6.18 Å². The summed E-state index contributed by atoms with van der Waals surface area (Å²) in [7, 11) is 0. The van der Waals surface area contributed by atoms with Crippen molar-refractivity contribution in [2.24, 2.45) is 11.1 Å². The summed E-state index contributed by atoms with van der Waals surface area (Å²) in [5.74, 6) is -0.342. The van der Waals surface area contributed by atoms with E-state index in [9.17, 15) is 23.2 Å². The summed E-state index contributed by atoms with van der Waals surface area (Å²) in [6.45, 7) is 9.98. The minimum Gasteiger partial charge on any atom is -0.489 e. The van der Waals surface area contributed by atoms with Gasteiger partial charge in [-0.1, -0.05) is 55.3 Å². The molecule has 0 spiro atoms. The molecule has 1 unspecified atom stereocenters. The van der Waals surface area contributed by atoms with E-state index in [0.29, 0.717) is 29.0 Å². The van der Waals surface area contributed by atoms with E-state index in [0.717, 1.165) is 40.5 Å². The molecule has 0 bridgehead atoms. The van der Waals surface area contributed by atoms with Crippen molar-refractivity contribution in [3.63, 3.8) is 0 Å². The molecule has 0 radical (unpaired) electrons.